The van der Waals surface area contributed by atoms with E-state index in [0.29, 0.717) is 31.1 Å². The average molecular weight is 457 g/mol. The largest absolute Gasteiger partial charge is 0.495 e. The van der Waals surface area contributed by atoms with E-state index in [0.717, 1.165) is 28.3 Å². The Morgan fingerprint density at radius 1 is 0.935 bits per heavy atom. The van der Waals surface area contributed by atoms with Gasteiger partial charge in [0.1, 0.15) is 9.96 Å². The van der Waals surface area contributed by atoms with Gasteiger partial charge < -0.3 is 14.5 Å². The van der Waals surface area contributed by atoms with Gasteiger partial charge in [0, 0.05) is 26.2 Å². The predicted octanol–water partition coefficient (Wildman–Crippen LogP) is 3.86. The number of para-hydroxylation sites is 2. The van der Waals surface area contributed by atoms with Crippen molar-refractivity contribution in [2.24, 2.45) is 0 Å². The van der Waals surface area contributed by atoms with Crippen LogP contribution in [0.2, 0.25) is 0 Å². The molecule has 2 heterocycles. The van der Waals surface area contributed by atoms with E-state index in [2.05, 4.69) is 4.90 Å². The van der Waals surface area contributed by atoms with E-state index in [1.54, 1.807) is 42.3 Å². The zero-order valence-electron chi connectivity index (χ0n) is 17.4. The summed E-state index contributed by atoms with van der Waals surface area (Å²) in [5.41, 5.74) is 2.01. The average Bonchev–Trinajstić information content (AvgIpc) is 3.30. The number of carbonyl (C=O) groups is 1. The molecule has 0 N–H and O–H groups in total. The Morgan fingerprint density at radius 3 is 2.29 bits per heavy atom. The van der Waals surface area contributed by atoms with Crippen LogP contribution in [0.1, 0.15) is 15.2 Å². The van der Waals surface area contributed by atoms with Gasteiger partial charge in [-0.2, -0.15) is 0 Å². The highest BCUT2D eigenvalue weighted by Crippen LogP contribution is 2.31. The highest BCUT2D eigenvalue weighted by Gasteiger charge is 2.27. The second-order valence-corrected chi connectivity index (χ2v) is 10.6. The number of methoxy groups -OCH3 is 1. The molecular formula is C23H24N2O4S2. The number of piperazine rings is 1. The lowest BCUT2D eigenvalue weighted by Crippen LogP contribution is -2.48. The van der Waals surface area contributed by atoms with E-state index in [1.165, 1.54) is 6.07 Å². The van der Waals surface area contributed by atoms with E-state index in [1.807, 2.05) is 31.2 Å². The SMILES string of the molecule is COc1ccccc1N1CCN(C(=O)c2ccc(S(=O)(=O)c3ccc(C)cc3)s2)CC1. The molecule has 0 unspecified atom stereocenters. The second kappa shape index (κ2) is 8.72. The quantitative estimate of drug-likeness (QED) is 0.583. The number of carbonyl (C=O) groups excluding carboxylic acids is 1. The van der Waals surface area contributed by atoms with Gasteiger partial charge in [0.25, 0.3) is 5.91 Å². The standard InChI is InChI=1S/C23H24N2O4S2/c1-17-7-9-18(10-8-17)31(27,28)22-12-11-21(30-22)23(26)25-15-13-24(14-16-25)19-5-3-4-6-20(19)29-2/h3-12H,13-16H2,1-2H3. The number of nitrogens with zero attached hydrogens (tertiary/aromatic N) is 2. The van der Waals surface area contributed by atoms with Crippen LogP contribution in [-0.4, -0.2) is 52.5 Å². The van der Waals surface area contributed by atoms with Crippen molar-refractivity contribution < 1.29 is 17.9 Å². The van der Waals surface area contributed by atoms with Crippen LogP contribution in [0, 0.1) is 6.92 Å². The smallest absolute Gasteiger partial charge is 0.264 e. The van der Waals surface area contributed by atoms with Gasteiger partial charge in [-0.3, -0.25) is 4.79 Å². The van der Waals surface area contributed by atoms with Crippen molar-refractivity contribution in [2.75, 3.05) is 38.2 Å². The number of benzene rings is 2. The number of anilines is 1. The maximum Gasteiger partial charge on any atom is 0.264 e. The molecule has 1 aromatic heterocycles. The van der Waals surface area contributed by atoms with E-state index >= 15 is 0 Å². The lowest BCUT2D eigenvalue weighted by atomic mass is 10.2. The minimum absolute atomic E-state index is 0.130. The molecule has 1 saturated heterocycles. The van der Waals surface area contributed by atoms with Crippen molar-refractivity contribution in [3.63, 3.8) is 0 Å². The molecule has 0 radical (unpaired) electrons. The lowest BCUT2D eigenvalue weighted by Gasteiger charge is -2.36. The molecule has 1 amide bonds. The molecule has 3 aromatic rings. The molecule has 1 fully saturated rings. The number of aryl methyl sites for hydroxylation is 1. The van der Waals surface area contributed by atoms with Crippen molar-refractivity contribution in [1.29, 1.82) is 0 Å². The summed E-state index contributed by atoms with van der Waals surface area (Å²) in [4.78, 5) is 17.6. The molecule has 1 aliphatic heterocycles. The van der Waals surface area contributed by atoms with Crippen LogP contribution < -0.4 is 9.64 Å². The van der Waals surface area contributed by atoms with Crippen molar-refractivity contribution in [1.82, 2.24) is 4.90 Å². The summed E-state index contributed by atoms with van der Waals surface area (Å²) < 4.78 is 31.4. The zero-order chi connectivity index (χ0) is 22.0. The van der Waals surface area contributed by atoms with E-state index in [-0.39, 0.29) is 15.0 Å². The first kappa shape index (κ1) is 21.4. The van der Waals surface area contributed by atoms with Gasteiger partial charge in [-0.1, -0.05) is 29.8 Å². The van der Waals surface area contributed by atoms with Crippen molar-refractivity contribution >= 4 is 32.8 Å². The van der Waals surface area contributed by atoms with Crippen LogP contribution in [0.4, 0.5) is 5.69 Å². The molecule has 0 bridgehead atoms. The molecule has 31 heavy (non-hydrogen) atoms. The van der Waals surface area contributed by atoms with Gasteiger partial charge in [-0.05, 0) is 43.3 Å². The van der Waals surface area contributed by atoms with Crippen LogP contribution in [0.5, 0.6) is 5.75 Å². The Labute approximate surface area is 186 Å². The summed E-state index contributed by atoms with van der Waals surface area (Å²) in [7, 11) is -1.98. The van der Waals surface area contributed by atoms with Crippen molar-refractivity contribution in [2.45, 2.75) is 16.0 Å². The van der Waals surface area contributed by atoms with Crippen LogP contribution in [0.15, 0.2) is 69.8 Å². The number of hydrogen-bond acceptors (Lipinski definition) is 6. The minimum atomic E-state index is -3.63. The summed E-state index contributed by atoms with van der Waals surface area (Å²) >= 11 is 1.03. The Balaban J connectivity index is 1.46. The predicted molar refractivity (Wildman–Crippen MR) is 122 cm³/mol. The summed E-state index contributed by atoms with van der Waals surface area (Å²) in [6.45, 7) is 4.41. The van der Waals surface area contributed by atoms with Gasteiger partial charge in [-0.25, -0.2) is 8.42 Å². The number of rotatable bonds is 5. The highest BCUT2D eigenvalue weighted by molar-refractivity contribution is 7.93. The Hall–Kier alpha value is -2.84. The van der Waals surface area contributed by atoms with Crippen LogP contribution in [0.3, 0.4) is 0 Å². The Kier molecular flexibility index (Phi) is 6.02. The molecule has 0 saturated carbocycles. The maximum absolute atomic E-state index is 13.0. The maximum atomic E-state index is 13.0. The molecule has 0 aliphatic carbocycles. The van der Waals surface area contributed by atoms with Crippen LogP contribution >= 0.6 is 11.3 Å². The second-order valence-electron chi connectivity index (χ2n) is 7.39. The first-order valence-corrected chi connectivity index (χ1v) is 12.3. The fourth-order valence-electron chi connectivity index (χ4n) is 3.61. The van der Waals surface area contributed by atoms with E-state index in [9.17, 15) is 13.2 Å². The first-order chi connectivity index (χ1) is 14.9. The molecule has 1 aliphatic rings. The van der Waals surface area contributed by atoms with Gasteiger partial charge in [0.15, 0.2) is 0 Å². The number of amides is 1. The molecule has 8 heteroatoms. The van der Waals surface area contributed by atoms with Gasteiger partial charge >= 0.3 is 0 Å². The molecule has 0 spiro atoms. The normalized spacial score (nSPS) is 14.5. The molecule has 0 atom stereocenters. The summed E-state index contributed by atoms with van der Waals surface area (Å²) in [6, 6.07) is 17.7. The summed E-state index contributed by atoms with van der Waals surface area (Å²) in [6.07, 6.45) is 0. The van der Waals surface area contributed by atoms with Crippen molar-refractivity contribution in [3.8, 4) is 5.75 Å². The number of sulfone groups is 1. The van der Waals surface area contributed by atoms with Crippen molar-refractivity contribution in [3.05, 3.63) is 71.1 Å². The van der Waals surface area contributed by atoms with E-state index < -0.39 is 9.84 Å². The van der Waals surface area contributed by atoms with Crippen LogP contribution in [0.25, 0.3) is 0 Å². The topological polar surface area (TPSA) is 66.9 Å². The fraction of sp³-hybridized carbons (Fsp3) is 0.261. The van der Waals surface area contributed by atoms with Gasteiger partial charge in [-0.15, -0.1) is 11.3 Å². The molecule has 4 rings (SSSR count). The third-order valence-electron chi connectivity index (χ3n) is 5.38. The van der Waals surface area contributed by atoms with Gasteiger partial charge in [0.2, 0.25) is 9.84 Å². The number of thiophene rings is 1. The zero-order valence-corrected chi connectivity index (χ0v) is 19.1. The Morgan fingerprint density at radius 2 is 1.61 bits per heavy atom. The van der Waals surface area contributed by atoms with Gasteiger partial charge in [0.05, 0.1) is 22.6 Å². The minimum Gasteiger partial charge on any atom is -0.495 e. The number of ether oxygens (including phenoxy) is 1. The fourth-order valence-corrected chi connectivity index (χ4v) is 6.29. The molecule has 2 aromatic carbocycles. The number of hydrogen-bond donors (Lipinski definition) is 0. The third-order valence-corrected chi connectivity index (χ3v) is 8.72. The molecular weight excluding hydrogens is 432 g/mol. The molecule has 6 nitrogen and oxygen atoms in total. The Bertz CT molecular complexity index is 1180. The summed E-state index contributed by atoms with van der Waals surface area (Å²) in [5.74, 6) is 0.682. The van der Waals surface area contributed by atoms with Crippen LogP contribution in [-0.2, 0) is 9.84 Å². The molecule has 162 valence electrons. The summed E-state index contributed by atoms with van der Waals surface area (Å²) in [5, 5.41) is 0. The third kappa shape index (κ3) is 4.31. The monoisotopic (exact) mass is 456 g/mol. The lowest BCUT2D eigenvalue weighted by molar-refractivity contribution is 0.0751. The highest BCUT2D eigenvalue weighted by atomic mass is 32.2. The first-order valence-electron chi connectivity index (χ1n) is 9.99. The van der Waals surface area contributed by atoms with E-state index in [4.69, 9.17) is 4.74 Å².